The highest BCUT2D eigenvalue weighted by Crippen LogP contribution is 2.17. The van der Waals surface area contributed by atoms with E-state index in [1.807, 2.05) is 37.3 Å². The summed E-state index contributed by atoms with van der Waals surface area (Å²) in [6.07, 6.45) is 0.652. The molecule has 142 valence electrons. The molecule has 2 aromatic rings. The molecule has 0 aliphatic heterocycles. The molecule has 0 spiro atoms. The third-order valence-corrected chi connectivity index (χ3v) is 3.85. The molecule has 0 heterocycles. The number of nitrogens with two attached hydrogens (primary N) is 1. The molecule has 2 aromatic carbocycles. The minimum Gasteiger partial charge on any atom is -0.373 e. The van der Waals surface area contributed by atoms with Crippen LogP contribution in [0.1, 0.15) is 25.3 Å². The van der Waals surface area contributed by atoms with Crippen molar-refractivity contribution in [3.8, 4) is 0 Å². The normalized spacial score (nSPS) is 10.1. The van der Waals surface area contributed by atoms with Crippen molar-refractivity contribution in [1.29, 1.82) is 0 Å². The van der Waals surface area contributed by atoms with Gasteiger partial charge in [0.05, 0.1) is 6.42 Å². The van der Waals surface area contributed by atoms with Gasteiger partial charge in [-0.25, -0.2) is 4.79 Å². The number of amides is 2. The number of para-hydroxylation sites is 1. The monoisotopic (exact) mass is 369 g/mol. The molecular formula is C20H23N3O4. The molecule has 7 heteroatoms. The Hall–Kier alpha value is -3.19. The molecule has 0 unspecified atom stereocenters. The van der Waals surface area contributed by atoms with E-state index >= 15 is 0 Å². The van der Waals surface area contributed by atoms with E-state index in [1.165, 1.54) is 0 Å². The van der Waals surface area contributed by atoms with Crippen molar-refractivity contribution >= 4 is 29.2 Å². The summed E-state index contributed by atoms with van der Waals surface area (Å²) in [7, 11) is 0. The zero-order valence-electron chi connectivity index (χ0n) is 15.2. The van der Waals surface area contributed by atoms with Crippen LogP contribution in [0.4, 0.5) is 11.4 Å². The Morgan fingerprint density at radius 1 is 1.04 bits per heavy atom. The maximum absolute atomic E-state index is 12.7. The molecule has 2 rings (SSSR count). The number of carbonyl (C=O) groups excluding carboxylic acids is 3. The Morgan fingerprint density at radius 3 is 2.30 bits per heavy atom. The number of hydrogen-bond acceptors (Lipinski definition) is 5. The molecular weight excluding hydrogens is 346 g/mol. The fraction of sp³-hybridized carbons (Fsp3) is 0.250. The molecule has 0 aromatic heterocycles. The van der Waals surface area contributed by atoms with Crippen LogP contribution in [0.15, 0.2) is 54.6 Å². The van der Waals surface area contributed by atoms with Gasteiger partial charge in [0.15, 0.2) is 0 Å². The molecule has 0 aliphatic rings. The Labute approximate surface area is 158 Å². The van der Waals surface area contributed by atoms with Gasteiger partial charge in [0.1, 0.15) is 6.42 Å². The van der Waals surface area contributed by atoms with Crippen molar-refractivity contribution in [3.05, 3.63) is 60.2 Å². The van der Waals surface area contributed by atoms with Crippen LogP contribution in [0, 0.1) is 0 Å². The highest BCUT2D eigenvalue weighted by Gasteiger charge is 2.15. The quantitative estimate of drug-likeness (QED) is 0.550. The van der Waals surface area contributed by atoms with Gasteiger partial charge in [0.25, 0.3) is 0 Å². The first-order chi connectivity index (χ1) is 13.0. The van der Waals surface area contributed by atoms with Gasteiger partial charge >= 0.3 is 5.97 Å². The first kappa shape index (κ1) is 20.1. The maximum Gasteiger partial charge on any atom is 0.333 e. The van der Waals surface area contributed by atoms with E-state index in [0.717, 1.165) is 17.7 Å². The molecule has 7 nitrogen and oxygen atoms in total. The van der Waals surface area contributed by atoms with Crippen LogP contribution in [-0.2, 0) is 25.6 Å². The third kappa shape index (κ3) is 6.23. The van der Waals surface area contributed by atoms with Crippen LogP contribution in [0.5, 0.6) is 0 Å². The number of anilines is 2. The van der Waals surface area contributed by atoms with E-state index in [4.69, 9.17) is 5.90 Å². The average molecular weight is 369 g/mol. The fourth-order valence-corrected chi connectivity index (χ4v) is 2.58. The highest BCUT2D eigenvalue weighted by atomic mass is 16.7. The van der Waals surface area contributed by atoms with E-state index in [-0.39, 0.29) is 12.3 Å². The minimum absolute atomic E-state index is 0.00512. The summed E-state index contributed by atoms with van der Waals surface area (Å²) in [5.41, 5.74) is 2.23. The van der Waals surface area contributed by atoms with E-state index in [1.54, 1.807) is 29.2 Å². The molecule has 0 aliphatic carbocycles. The summed E-state index contributed by atoms with van der Waals surface area (Å²) >= 11 is 0. The Morgan fingerprint density at radius 2 is 1.70 bits per heavy atom. The molecule has 0 atom stereocenters. The fourth-order valence-electron chi connectivity index (χ4n) is 2.58. The lowest BCUT2D eigenvalue weighted by atomic mass is 10.1. The van der Waals surface area contributed by atoms with E-state index in [9.17, 15) is 14.4 Å². The summed E-state index contributed by atoms with van der Waals surface area (Å²) in [6, 6.07) is 16.5. The molecule has 3 N–H and O–H groups in total. The summed E-state index contributed by atoms with van der Waals surface area (Å²) in [5, 5.41) is 2.57. The lowest BCUT2D eigenvalue weighted by Gasteiger charge is -2.22. The second-order valence-corrected chi connectivity index (χ2v) is 5.97. The van der Waals surface area contributed by atoms with Crippen LogP contribution in [0.25, 0.3) is 0 Å². The van der Waals surface area contributed by atoms with Crippen LogP contribution in [-0.4, -0.2) is 24.3 Å². The van der Waals surface area contributed by atoms with Crippen molar-refractivity contribution in [2.24, 2.45) is 5.90 Å². The maximum atomic E-state index is 12.7. The molecule has 2 amide bonds. The zero-order chi connectivity index (χ0) is 19.6. The SMILES string of the molecule is CCCN(C(=O)Cc1ccc(NC(=O)CC(=O)ON)cc1)c1ccccc1. The predicted octanol–water partition coefficient (Wildman–Crippen LogP) is 2.42. The van der Waals surface area contributed by atoms with Crippen LogP contribution in [0.3, 0.4) is 0 Å². The summed E-state index contributed by atoms with van der Waals surface area (Å²) in [4.78, 5) is 41.0. The van der Waals surface area contributed by atoms with Crippen molar-refractivity contribution < 1.29 is 19.2 Å². The molecule has 0 saturated carbocycles. The standard InChI is InChI=1S/C20H23N3O4/c1-2-12-23(17-6-4-3-5-7-17)19(25)13-15-8-10-16(11-9-15)22-18(24)14-20(26)27-21/h3-11H,2,12-14,21H2,1H3,(H,22,24). The van der Waals surface area contributed by atoms with Crippen LogP contribution < -0.4 is 16.1 Å². The van der Waals surface area contributed by atoms with Gasteiger partial charge in [-0.05, 0) is 36.2 Å². The van der Waals surface area contributed by atoms with Crippen molar-refractivity contribution in [1.82, 2.24) is 0 Å². The number of nitrogens with one attached hydrogen (secondary N) is 1. The molecule has 27 heavy (non-hydrogen) atoms. The van der Waals surface area contributed by atoms with E-state index < -0.39 is 18.3 Å². The average Bonchev–Trinajstić information content (AvgIpc) is 2.68. The van der Waals surface area contributed by atoms with E-state index in [0.29, 0.717) is 12.2 Å². The molecule has 0 saturated heterocycles. The third-order valence-electron chi connectivity index (χ3n) is 3.85. The molecule has 0 fully saturated rings. The lowest BCUT2D eigenvalue weighted by molar-refractivity contribution is -0.146. The smallest absolute Gasteiger partial charge is 0.333 e. The predicted molar refractivity (Wildman–Crippen MR) is 103 cm³/mol. The van der Waals surface area contributed by atoms with Gasteiger partial charge in [-0.3, -0.25) is 9.59 Å². The summed E-state index contributed by atoms with van der Waals surface area (Å²) < 4.78 is 0. The second kappa shape index (κ2) is 10.1. The molecule has 0 radical (unpaired) electrons. The number of hydrogen-bond donors (Lipinski definition) is 2. The Bertz CT molecular complexity index is 776. The molecule has 0 bridgehead atoms. The lowest BCUT2D eigenvalue weighted by Crippen LogP contribution is -2.32. The van der Waals surface area contributed by atoms with Crippen LogP contribution in [0.2, 0.25) is 0 Å². The minimum atomic E-state index is -0.813. The van der Waals surface area contributed by atoms with Gasteiger partial charge in [0, 0.05) is 17.9 Å². The van der Waals surface area contributed by atoms with Crippen molar-refractivity contribution in [2.75, 3.05) is 16.8 Å². The summed E-state index contributed by atoms with van der Waals surface area (Å²) in [6.45, 7) is 2.68. The number of nitrogens with zero attached hydrogens (tertiary/aromatic N) is 1. The number of rotatable bonds is 8. The van der Waals surface area contributed by atoms with Gasteiger partial charge in [-0.15, -0.1) is 0 Å². The Balaban J connectivity index is 1.99. The topological polar surface area (TPSA) is 102 Å². The Kier molecular flexibility index (Phi) is 7.51. The first-order valence-corrected chi connectivity index (χ1v) is 8.67. The first-order valence-electron chi connectivity index (χ1n) is 8.67. The van der Waals surface area contributed by atoms with Gasteiger partial charge in [0.2, 0.25) is 11.8 Å². The van der Waals surface area contributed by atoms with Crippen LogP contribution >= 0.6 is 0 Å². The van der Waals surface area contributed by atoms with E-state index in [2.05, 4.69) is 10.2 Å². The zero-order valence-corrected chi connectivity index (χ0v) is 15.2. The van der Waals surface area contributed by atoms with Gasteiger partial charge in [-0.1, -0.05) is 37.3 Å². The van der Waals surface area contributed by atoms with Gasteiger partial charge < -0.3 is 15.1 Å². The largest absolute Gasteiger partial charge is 0.373 e. The number of benzene rings is 2. The number of carbonyl (C=O) groups is 3. The van der Waals surface area contributed by atoms with Gasteiger partial charge in [-0.2, -0.15) is 5.90 Å². The highest BCUT2D eigenvalue weighted by molar-refractivity contribution is 6.01. The van der Waals surface area contributed by atoms with Crippen molar-refractivity contribution in [2.45, 2.75) is 26.2 Å². The summed E-state index contributed by atoms with van der Waals surface area (Å²) in [5.74, 6) is 3.37. The second-order valence-electron chi connectivity index (χ2n) is 5.97. The van der Waals surface area contributed by atoms with Crippen molar-refractivity contribution in [3.63, 3.8) is 0 Å².